The number of methoxy groups -OCH3 is 2. The van der Waals surface area contributed by atoms with Crippen LogP contribution in [0.15, 0.2) is 60.7 Å². The predicted octanol–water partition coefficient (Wildman–Crippen LogP) is 3.75. The van der Waals surface area contributed by atoms with Gasteiger partial charge in [0.2, 0.25) is 0 Å². The van der Waals surface area contributed by atoms with Crippen LogP contribution in [0.4, 0.5) is 0 Å². The van der Waals surface area contributed by atoms with Crippen LogP contribution in [0.25, 0.3) is 16.5 Å². The molecule has 0 saturated heterocycles. The molecule has 1 atom stereocenters. The van der Waals surface area contributed by atoms with E-state index in [4.69, 9.17) is 9.47 Å². The monoisotopic (exact) mass is 348 g/mol. The Kier molecular flexibility index (Phi) is 4.14. The van der Waals surface area contributed by atoms with Crippen molar-refractivity contribution in [1.29, 1.82) is 0 Å². The minimum absolute atomic E-state index is 0.0256. The second kappa shape index (κ2) is 6.61. The first-order valence-corrected chi connectivity index (χ1v) is 8.37. The zero-order valence-corrected chi connectivity index (χ0v) is 14.6. The van der Waals surface area contributed by atoms with Crippen molar-refractivity contribution in [3.8, 4) is 17.2 Å². The van der Waals surface area contributed by atoms with Crippen molar-refractivity contribution < 1.29 is 14.6 Å². The van der Waals surface area contributed by atoms with E-state index >= 15 is 0 Å². The Morgan fingerprint density at radius 3 is 2.58 bits per heavy atom. The molecule has 1 heterocycles. The summed E-state index contributed by atoms with van der Waals surface area (Å²) in [5, 5.41) is 12.8. The maximum absolute atomic E-state index is 10.5. The molecule has 5 heteroatoms. The Hall–Kier alpha value is -3.18. The summed E-state index contributed by atoms with van der Waals surface area (Å²) in [6.07, 6.45) is 2.05. The number of benzene rings is 3. The lowest BCUT2D eigenvalue weighted by Gasteiger charge is -2.14. The first-order valence-electron chi connectivity index (χ1n) is 8.37. The third-order valence-electron chi connectivity index (χ3n) is 4.63. The summed E-state index contributed by atoms with van der Waals surface area (Å²) in [5.41, 5.74) is 8.98. The van der Waals surface area contributed by atoms with Gasteiger partial charge in [-0.15, -0.1) is 0 Å². The van der Waals surface area contributed by atoms with E-state index in [0.717, 1.165) is 11.3 Å². The molecule has 0 aromatic heterocycles. The van der Waals surface area contributed by atoms with Gasteiger partial charge in [-0.2, -0.15) is 0 Å². The van der Waals surface area contributed by atoms with Crippen molar-refractivity contribution in [2.75, 3.05) is 14.2 Å². The zero-order chi connectivity index (χ0) is 18.1. The molecule has 26 heavy (non-hydrogen) atoms. The van der Waals surface area contributed by atoms with Crippen LogP contribution < -0.4 is 20.3 Å². The van der Waals surface area contributed by atoms with Crippen molar-refractivity contribution >= 4 is 16.5 Å². The van der Waals surface area contributed by atoms with Crippen LogP contribution in [0, 0.1) is 0 Å². The van der Waals surface area contributed by atoms with Crippen LogP contribution in [-0.4, -0.2) is 19.3 Å². The van der Waals surface area contributed by atoms with Crippen LogP contribution in [0.2, 0.25) is 0 Å². The highest BCUT2D eigenvalue weighted by atomic mass is 16.5. The number of hydrazine groups is 1. The van der Waals surface area contributed by atoms with Gasteiger partial charge in [0.25, 0.3) is 0 Å². The van der Waals surface area contributed by atoms with Gasteiger partial charge in [-0.3, -0.25) is 0 Å². The second-order valence-electron chi connectivity index (χ2n) is 6.12. The third-order valence-corrected chi connectivity index (χ3v) is 4.63. The Bertz CT molecular complexity index is 992. The van der Waals surface area contributed by atoms with Gasteiger partial charge in [0.15, 0.2) is 0 Å². The third kappa shape index (κ3) is 2.72. The van der Waals surface area contributed by atoms with Crippen molar-refractivity contribution in [2.45, 2.75) is 6.04 Å². The highest BCUT2D eigenvalue weighted by Gasteiger charge is 2.24. The summed E-state index contributed by atoms with van der Waals surface area (Å²) in [5.74, 6) is 1.18. The smallest absolute Gasteiger partial charge is 0.135 e. The highest BCUT2D eigenvalue weighted by molar-refractivity contribution is 5.87. The summed E-state index contributed by atoms with van der Waals surface area (Å²) in [4.78, 5) is 0. The van der Waals surface area contributed by atoms with Gasteiger partial charge in [0.1, 0.15) is 17.2 Å². The molecule has 0 amide bonds. The van der Waals surface area contributed by atoms with Crippen molar-refractivity contribution in [2.24, 2.45) is 0 Å². The fourth-order valence-corrected chi connectivity index (χ4v) is 3.37. The molecule has 3 aromatic carbocycles. The van der Waals surface area contributed by atoms with E-state index in [2.05, 4.69) is 41.2 Å². The highest BCUT2D eigenvalue weighted by Crippen LogP contribution is 2.39. The van der Waals surface area contributed by atoms with Crippen molar-refractivity contribution in [1.82, 2.24) is 10.9 Å². The van der Waals surface area contributed by atoms with Crippen LogP contribution >= 0.6 is 0 Å². The average molecular weight is 348 g/mol. The number of aromatic hydroxyl groups is 1. The fourth-order valence-electron chi connectivity index (χ4n) is 3.37. The Morgan fingerprint density at radius 2 is 1.77 bits per heavy atom. The number of ether oxygens (including phenoxy) is 2. The van der Waals surface area contributed by atoms with E-state index in [1.54, 1.807) is 26.4 Å². The average Bonchev–Trinajstić information content (AvgIpc) is 3.16. The zero-order valence-electron chi connectivity index (χ0n) is 14.6. The molecule has 0 spiro atoms. The summed E-state index contributed by atoms with van der Waals surface area (Å²) >= 11 is 0. The van der Waals surface area contributed by atoms with Gasteiger partial charge in [-0.05, 0) is 22.4 Å². The molecule has 1 unspecified atom stereocenters. The van der Waals surface area contributed by atoms with Crippen LogP contribution in [0.3, 0.4) is 0 Å². The van der Waals surface area contributed by atoms with Gasteiger partial charge in [-0.25, -0.2) is 5.43 Å². The van der Waals surface area contributed by atoms with Crippen molar-refractivity contribution in [3.05, 3.63) is 71.8 Å². The standard InChI is InChI=1S/C21H20N2O3/c1-25-14-10-19(24)21(20(11-14)26-2)18-12-17(22-23-18)16-9-5-7-13-6-3-4-8-15(13)16/h3-12,17,22-24H,1-2H3. The van der Waals surface area contributed by atoms with E-state index in [1.165, 1.54) is 10.8 Å². The molecule has 0 radical (unpaired) electrons. The van der Waals surface area contributed by atoms with E-state index < -0.39 is 0 Å². The lowest BCUT2D eigenvalue weighted by molar-refractivity contribution is 0.383. The fraction of sp³-hybridized carbons (Fsp3) is 0.143. The molecule has 0 saturated carbocycles. The Morgan fingerprint density at radius 1 is 0.962 bits per heavy atom. The number of hydrogen-bond donors (Lipinski definition) is 3. The summed E-state index contributed by atoms with van der Waals surface area (Å²) in [7, 11) is 3.13. The molecule has 5 nitrogen and oxygen atoms in total. The SMILES string of the molecule is COc1cc(O)c(C2=CC(c3cccc4ccccc34)NN2)c(OC)c1. The van der Waals surface area contributed by atoms with Gasteiger partial charge < -0.3 is 20.0 Å². The van der Waals surface area contributed by atoms with E-state index in [-0.39, 0.29) is 11.8 Å². The largest absolute Gasteiger partial charge is 0.507 e. The van der Waals surface area contributed by atoms with Crippen LogP contribution in [0.5, 0.6) is 17.2 Å². The number of hydrogen-bond acceptors (Lipinski definition) is 5. The lowest BCUT2D eigenvalue weighted by Crippen LogP contribution is -2.26. The number of nitrogens with one attached hydrogen (secondary N) is 2. The molecule has 0 bridgehead atoms. The maximum Gasteiger partial charge on any atom is 0.135 e. The molecular formula is C21H20N2O3. The number of rotatable bonds is 4. The molecule has 3 aromatic rings. The summed E-state index contributed by atoms with van der Waals surface area (Å²) in [6.45, 7) is 0. The van der Waals surface area contributed by atoms with Gasteiger partial charge in [0.05, 0.1) is 31.5 Å². The first-order chi connectivity index (χ1) is 12.7. The van der Waals surface area contributed by atoms with E-state index in [1.807, 2.05) is 18.2 Å². The lowest BCUT2D eigenvalue weighted by atomic mass is 9.98. The quantitative estimate of drug-likeness (QED) is 0.670. The second-order valence-corrected chi connectivity index (χ2v) is 6.12. The minimum atomic E-state index is -0.0256. The van der Waals surface area contributed by atoms with Crippen molar-refractivity contribution in [3.63, 3.8) is 0 Å². The van der Waals surface area contributed by atoms with Crippen LogP contribution in [-0.2, 0) is 0 Å². The molecule has 3 N–H and O–H groups in total. The molecular weight excluding hydrogens is 328 g/mol. The normalized spacial score (nSPS) is 16.2. The molecule has 1 aliphatic heterocycles. The first kappa shape index (κ1) is 16.3. The van der Waals surface area contributed by atoms with E-state index in [9.17, 15) is 5.11 Å². The molecule has 0 fully saturated rings. The summed E-state index contributed by atoms with van der Waals surface area (Å²) in [6, 6.07) is 17.8. The number of fused-ring (bicyclic) bond motifs is 1. The Balaban J connectivity index is 1.77. The Labute approximate surface area is 151 Å². The van der Waals surface area contributed by atoms with Crippen LogP contribution in [0.1, 0.15) is 17.2 Å². The topological polar surface area (TPSA) is 62.8 Å². The number of phenols is 1. The van der Waals surface area contributed by atoms with Gasteiger partial charge >= 0.3 is 0 Å². The van der Waals surface area contributed by atoms with Gasteiger partial charge in [-0.1, -0.05) is 42.5 Å². The summed E-state index contributed by atoms with van der Waals surface area (Å²) < 4.78 is 10.6. The maximum atomic E-state index is 10.5. The molecule has 0 aliphatic carbocycles. The predicted molar refractivity (Wildman–Crippen MR) is 102 cm³/mol. The molecule has 1 aliphatic rings. The molecule has 132 valence electrons. The minimum Gasteiger partial charge on any atom is -0.507 e. The molecule has 4 rings (SSSR count). The number of phenolic OH excluding ortho intramolecular Hbond substituents is 1. The van der Waals surface area contributed by atoms with E-state index in [0.29, 0.717) is 17.1 Å². The van der Waals surface area contributed by atoms with Gasteiger partial charge in [0, 0.05) is 12.1 Å².